The quantitative estimate of drug-likeness (QED) is 0.899. The van der Waals surface area contributed by atoms with Gasteiger partial charge in [-0.25, -0.2) is 13.2 Å². The molecule has 1 N–H and O–H groups in total. The van der Waals surface area contributed by atoms with Gasteiger partial charge in [-0.05, 0) is 26.3 Å². The largest absolute Gasteiger partial charge is 0.478 e. The highest BCUT2D eigenvalue weighted by atomic mass is 32.2. The average molecular weight is 288 g/mol. The molecule has 19 heavy (non-hydrogen) atoms. The molecule has 7 heteroatoms. The van der Waals surface area contributed by atoms with Crippen molar-refractivity contribution < 1.29 is 27.5 Å². The fourth-order valence-corrected chi connectivity index (χ4v) is 4.19. The Labute approximate surface area is 111 Å². The molecule has 2 rings (SSSR count). The zero-order chi connectivity index (χ0) is 14.2. The molecule has 1 aromatic heterocycles. The molecule has 0 saturated carbocycles. The second-order valence-electron chi connectivity index (χ2n) is 4.70. The van der Waals surface area contributed by atoms with E-state index in [4.69, 9.17) is 14.3 Å². The van der Waals surface area contributed by atoms with Crippen LogP contribution < -0.4 is 0 Å². The summed E-state index contributed by atoms with van der Waals surface area (Å²) in [5.41, 5.74) is 0.000852. The summed E-state index contributed by atoms with van der Waals surface area (Å²) in [6, 6.07) is 1.27. The lowest BCUT2D eigenvalue weighted by Crippen LogP contribution is -2.29. The summed E-state index contributed by atoms with van der Waals surface area (Å²) in [4.78, 5) is 10.9. The minimum Gasteiger partial charge on any atom is -0.478 e. The third-order valence-corrected chi connectivity index (χ3v) is 5.54. The lowest BCUT2D eigenvalue weighted by atomic mass is 10.2. The van der Waals surface area contributed by atoms with Crippen molar-refractivity contribution in [1.82, 2.24) is 0 Å². The van der Waals surface area contributed by atoms with Crippen LogP contribution in [0.5, 0.6) is 0 Å². The van der Waals surface area contributed by atoms with Gasteiger partial charge in [0.05, 0.1) is 11.4 Å². The van der Waals surface area contributed by atoms with Crippen LogP contribution in [-0.4, -0.2) is 37.5 Å². The lowest BCUT2D eigenvalue weighted by molar-refractivity contribution is 0.0695. The molecule has 1 saturated heterocycles. The maximum Gasteiger partial charge on any atom is 0.339 e. The second kappa shape index (κ2) is 4.97. The van der Waals surface area contributed by atoms with Crippen LogP contribution in [-0.2, 0) is 20.3 Å². The summed E-state index contributed by atoms with van der Waals surface area (Å²) in [7, 11) is -3.40. The molecule has 0 aromatic carbocycles. The number of hydrogen-bond donors (Lipinski definition) is 1. The van der Waals surface area contributed by atoms with Gasteiger partial charge in [-0.3, -0.25) is 0 Å². The number of carboxylic acids is 1. The van der Waals surface area contributed by atoms with E-state index in [1.807, 2.05) is 0 Å². The fraction of sp³-hybridized carbons (Fsp3) is 0.583. The smallest absolute Gasteiger partial charge is 0.339 e. The van der Waals surface area contributed by atoms with E-state index in [-0.39, 0.29) is 28.9 Å². The van der Waals surface area contributed by atoms with Gasteiger partial charge in [-0.2, -0.15) is 0 Å². The summed E-state index contributed by atoms with van der Waals surface area (Å²) < 4.78 is 34.9. The topological polar surface area (TPSA) is 93.8 Å². The van der Waals surface area contributed by atoms with Crippen molar-refractivity contribution >= 4 is 15.8 Å². The molecule has 0 spiro atoms. The van der Waals surface area contributed by atoms with E-state index in [2.05, 4.69) is 0 Å². The van der Waals surface area contributed by atoms with Gasteiger partial charge in [0, 0.05) is 6.61 Å². The first-order chi connectivity index (χ1) is 8.81. The highest BCUT2D eigenvalue weighted by molar-refractivity contribution is 7.91. The molecule has 2 atom stereocenters. The molecule has 2 heterocycles. The monoisotopic (exact) mass is 288 g/mol. The van der Waals surface area contributed by atoms with Crippen LogP contribution in [0.3, 0.4) is 0 Å². The van der Waals surface area contributed by atoms with Crippen molar-refractivity contribution in [2.24, 2.45) is 0 Å². The highest BCUT2D eigenvalue weighted by Crippen LogP contribution is 2.25. The van der Waals surface area contributed by atoms with Gasteiger partial charge in [0.25, 0.3) is 0 Å². The number of hydrogen-bond acceptors (Lipinski definition) is 5. The minimum absolute atomic E-state index is 0.000852. The van der Waals surface area contributed by atoms with Gasteiger partial charge >= 0.3 is 5.97 Å². The number of rotatable bonds is 4. The SMILES string of the molecule is Cc1oc(CS(=O)(=O)C2CCOC2C)cc1C(=O)O. The summed E-state index contributed by atoms with van der Waals surface area (Å²) in [6.07, 6.45) is 0.134. The molecule has 0 bridgehead atoms. The van der Waals surface area contributed by atoms with E-state index < -0.39 is 21.1 Å². The molecule has 1 aliphatic heterocycles. The molecule has 0 radical (unpaired) electrons. The second-order valence-corrected chi connectivity index (χ2v) is 6.92. The number of furan rings is 1. The van der Waals surface area contributed by atoms with E-state index in [1.165, 1.54) is 13.0 Å². The van der Waals surface area contributed by atoms with Gasteiger partial charge in [-0.15, -0.1) is 0 Å². The van der Waals surface area contributed by atoms with Gasteiger partial charge in [0.15, 0.2) is 9.84 Å². The molecule has 0 aliphatic carbocycles. The number of carboxylic acid groups (broad SMARTS) is 1. The number of carbonyl (C=O) groups is 1. The maximum absolute atomic E-state index is 12.2. The Morgan fingerprint density at radius 2 is 2.21 bits per heavy atom. The molecule has 106 valence electrons. The van der Waals surface area contributed by atoms with Gasteiger partial charge in [-0.1, -0.05) is 0 Å². The number of ether oxygens (including phenoxy) is 1. The van der Waals surface area contributed by atoms with Crippen molar-refractivity contribution in [2.75, 3.05) is 6.61 Å². The number of sulfone groups is 1. The zero-order valence-electron chi connectivity index (χ0n) is 10.8. The average Bonchev–Trinajstić information content (AvgIpc) is 2.84. The molecule has 0 amide bonds. The number of aromatic carboxylic acids is 1. The molecule has 2 unspecified atom stereocenters. The van der Waals surface area contributed by atoms with Crippen molar-refractivity contribution in [1.29, 1.82) is 0 Å². The Hall–Kier alpha value is -1.34. The Kier molecular flexibility index (Phi) is 3.69. The summed E-state index contributed by atoms with van der Waals surface area (Å²) in [5, 5.41) is 8.35. The predicted molar refractivity (Wildman–Crippen MR) is 66.8 cm³/mol. The first kappa shape index (κ1) is 14.1. The van der Waals surface area contributed by atoms with E-state index >= 15 is 0 Å². The third kappa shape index (κ3) is 2.82. The van der Waals surface area contributed by atoms with Crippen LogP contribution in [0, 0.1) is 6.92 Å². The third-order valence-electron chi connectivity index (χ3n) is 3.31. The molecule has 1 aliphatic rings. The first-order valence-electron chi connectivity index (χ1n) is 5.97. The summed E-state index contributed by atoms with van der Waals surface area (Å²) >= 11 is 0. The maximum atomic E-state index is 12.2. The lowest BCUT2D eigenvalue weighted by Gasteiger charge is -2.13. The molecule has 6 nitrogen and oxygen atoms in total. The van der Waals surface area contributed by atoms with Crippen LogP contribution in [0.1, 0.15) is 35.2 Å². The summed E-state index contributed by atoms with van der Waals surface area (Å²) in [5.74, 6) is -1.04. The normalized spacial score (nSPS) is 23.7. The summed E-state index contributed by atoms with van der Waals surface area (Å²) in [6.45, 7) is 3.66. The van der Waals surface area contributed by atoms with Crippen LogP contribution in [0.25, 0.3) is 0 Å². The molecular weight excluding hydrogens is 272 g/mol. The Morgan fingerprint density at radius 3 is 2.68 bits per heavy atom. The molecule has 1 aromatic rings. The van der Waals surface area contributed by atoms with E-state index in [0.29, 0.717) is 13.0 Å². The van der Waals surface area contributed by atoms with Crippen LogP contribution in [0.4, 0.5) is 0 Å². The Balaban J connectivity index is 2.21. The van der Waals surface area contributed by atoms with Gasteiger partial charge in [0.1, 0.15) is 22.8 Å². The van der Waals surface area contributed by atoms with E-state index in [9.17, 15) is 13.2 Å². The van der Waals surface area contributed by atoms with Crippen molar-refractivity contribution in [3.63, 3.8) is 0 Å². The molecular formula is C12H16O6S. The predicted octanol–water partition coefficient (Wildman–Crippen LogP) is 1.38. The van der Waals surface area contributed by atoms with E-state index in [0.717, 1.165) is 0 Å². The Bertz CT molecular complexity index is 585. The molecule has 1 fully saturated rings. The standard InChI is InChI=1S/C12H16O6S/c1-7-10(12(13)14)5-9(18-7)6-19(15,16)11-3-4-17-8(11)2/h5,8,11H,3-4,6H2,1-2H3,(H,13,14). The zero-order valence-corrected chi connectivity index (χ0v) is 11.6. The van der Waals surface area contributed by atoms with Crippen molar-refractivity contribution in [2.45, 2.75) is 37.4 Å². The first-order valence-corrected chi connectivity index (χ1v) is 7.68. The Morgan fingerprint density at radius 1 is 1.53 bits per heavy atom. The van der Waals surface area contributed by atoms with Crippen molar-refractivity contribution in [3.05, 3.63) is 23.2 Å². The fourth-order valence-electron chi connectivity index (χ4n) is 2.32. The van der Waals surface area contributed by atoms with Crippen LogP contribution in [0.2, 0.25) is 0 Å². The van der Waals surface area contributed by atoms with Crippen molar-refractivity contribution in [3.8, 4) is 0 Å². The minimum atomic E-state index is -3.40. The van der Waals surface area contributed by atoms with Gasteiger partial charge < -0.3 is 14.3 Å². The number of aryl methyl sites for hydroxylation is 1. The van der Waals surface area contributed by atoms with Crippen LogP contribution >= 0.6 is 0 Å². The van der Waals surface area contributed by atoms with Crippen LogP contribution in [0.15, 0.2) is 10.5 Å². The highest BCUT2D eigenvalue weighted by Gasteiger charge is 2.36. The van der Waals surface area contributed by atoms with E-state index in [1.54, 1.807) is 6.92 Å². The van der Waals surface area contributed by atoms with Gasteiger partial charge in [0.2, 0.25) is 0 Å².